The summed E-state index contributed by atoms with van der Waals surface area (Å²) in [7, 11) is 0. The topological polar surface area (TPSA) is 69.6 Å². The van der Waals surface area contributed by atoms with Crippen molar-refractivity contribution < 1.29 is 15.0 Å². The molecule has 4 heteroatoms. The molecule has 0 aliphatic rings. The van der Waals surface area contributed by atoms with Gasteiger partial charge in [0.2, 0.25) is 5.91 Å². The Kier molecular flexibility index (Phi) is 55.7. The molecule has 0 aromatic heterocycles. The zero-order valence-corrected chi connectivity index (χ0v) is 44.5. The van der Waals surface area contributed by atoms with Crippen molar-refractivity contribution >= 4 is 5.91 Å². The Morgan fingerprint density at radius 3 is 0.970 bits per heavy atom. The normalized spacial score (nSPS) is 13.2. The van der Waals surface area contributed by atoms with Crippen LogP contribution in [0.25, 0.3) is 0 Å². The van der Waals surface area contributed by atoms with E-state index >= 15 is 0 Å². The number of amides is 1. The molecule has 0 saturated carbocycles. The van der Waals surface area contributed by atoms with E-state index in [2.05, 4.69) is 67.8 Å². The molecular weight excluding hydrogens is 807 g/mol. The van der Waals surface area contributed by atoms with Crippen LogP contribution in [-0.2, 0) is 4.79 Å². The summed E-state index contributed by atoms with van der Waals surface area (Å²) in [5.74, 6) is -0.0740. The van der Waals surface area contributed by atoms with Gasteiger partial charge in [-0.3, -0.25) is 4.79 Å². The van der Waals surface area contributed by atoms with E-state index in [1.54, 1.807) is 6.08 Å². The first-order valence-corrected chi connectivity index (χ1v) is 29.5. The van der Waals surface area contributed by atoms with E-state index < -0.39 is 12.1 Å². The minimum absolute atomic E-state index is 0.0740. The molecule has 0 saturated heterocycles. The molecule has 0 spiro atoms. The number of carbonyl (C=O) groups is 1. The Balaban J connectivity index is 3.47. The van der Waals surface area contributed by atoms with Crippen molar-refractivity contribution in [2.45, 2.75) is 321 Å². The Bertz CT molecular complexity index is 1090. The van der Waals surface area contributed by atoms with Crippen LogP contribution in [-0.4, -0.2) is 34.9 Å². The average molecular weight is 923 g/mol. The molecule has 4 nitrogen and oxygen atoms in total. The molecule has 2 atom stereocenters. The molecule has 0 aromatic rings. The molecule has 2 unspecified atom stereocenters. The Hall–Kier alpha value is -1.91. The summed E-state index contributed by atoms with van der Waals surface area (Å²) in [5.41, 5.74) is 0. The van der Waals surface area contributed by atoms with Crippen LogP contribution >= 0.6 is 0 Å². The van der Waals surface area contributed by atoms with Gasteiger partial charge >= 0.3 is 0 Å². The maximum atomic E-state index is 12.5. The molecule has 0 aromatic carbocycles. The van der Waals surface area contributed by atoms with Gasteiger partial charge in [0.25, 0.3) is 0 Å². The minimum Gasteiger partial charge on any atom is -0.394 e. The quantitative estimate of drug-likeness (QED) is 0.0420. The van der Waals surface area contributed by atoms with Crippen molar-refractivity contribution in [1.82, 2.24) is 5.32 Å². The van der Waals surface area contributed by atoms with Crippen molar-refractivity contribution in [2.75, 3.05) is 6.61 Å². The third-order valence-electron chi connectivity index (χ3n) is 13.5. The second-order valence-electron chi connectivity index (χ2n) is 20.0. The van der Waals surface area contributed by atoms with Crippen molar-refractivity contribution in [1.29, 1.82) is 0 Å². The monoisotopic (exact) mass is 922 g/mol. The third-order valence-corrected chi connectivity index (χ3v) is 13.5. The summed E-state index contributed by atoms with van der Waals surface area (Å²) in [6.07, 6.45) is 81.2. The lowest BCUT2D eigenvalue weighted by Gasteiger charge is -2.19. The molecule has 0 fully saturated rings. The molecule has 3 N–H and O–H groups in total. The highest BCUT2D eigenvalue weighted by Gasteiger charge is 2.18. The summed E-state index contributed by atoms with van der Waals surface area (Å²) in [6.45, 7) is 4.30. The highest BCUT2D eigenvalue weighted by Crippen LogP contribution is 2.17. The van der Waals surface area contributed by atoms with E-state index in [0.29, 0.717) is 6.42 Å². The average Bonchev–Trinajstić information content (AvgIpc) is 3.32. The Morgan fingerprint density at radius 1 is 0.364 bits per heavy atom. The van der Waals surface area contributed by atoms with Crippen molar-refractivity contribution in [3.63, 3.8) is 0 Å². The molecular formula is C62H115NO3. The second-order valence-corrected chi connectivity index (χ2v) is 20.0. The first-order chi connectivity index (χ1) is 32.7. The van der Waals surface area contributed by atoms with E-state index in [4.69, 9.17) is 0 Å². The van der Waals surface area contributed by atoms with Crippen molar-refractivity contribution in [2.24, 2.45) is 0 Å². The van der Waals surface area contributed by atoms with Crippen LogP contribution in [0.1, 0.15) is 309 Å². The molecule has 0 radical (unpaired) electrons. The second kappa shape index (κ2) is 57.4. The summed E-state index contributed by atoms with van der Waals surface area (Å²) in [4.78, 5) is 12.5. The zero-order valence-electron chi connectivity index (χ0n) is 44.5. The third kappa shape index (κ3) is 53.1. The zero-order chi connectivity index (χ0) is 47.7. The number of aliphatic hydroxyl groups is 2. The van der Waals surface area contributed by atoms with E-state index in [9.17, 15) is 15.0 Å². The number of aliphatic hydroxyl groups excluding tert-OH is 2. The van der Waals surface area contributed by atoms with Gasteiger partial charge < -0.3 is 15.5 Å². The molecule has 0 heterocycles. The molecule has 386 valence electrons. The Morgan fingerprint density at radius 2 is 0.636 bits per heavy atom. The number of hydrogen-bond acceptors (Lipinski definition) is 3. The molecule has 66 heavy (non-hydrogen) atoms. The first-order valence-electron chi connectivity index (χ1n) is 29.5. The van der Waals surface area contributed by atoms with Crippen LogP contribution in [0, 0.1) is 0 Å². The van der Waals surface area contributed by atoms with E-state index in [1.165, 1.54) is 244 Å². The number of nitrogens with one attached hydrogen (secondary N) is 1. The van der Waals surface area contributed by atoms with Crippen LogP contribution in [0.2, 0.25) is 0 Å². The lowest BCUT2D eigenvalue weighted by Crippen LogP contribution is -2.45. The first kappa shape index (κ1) is 64.1. The predicted octanol–water partition coefficient (Wildman–Crippen LogP) is 19.6. The highest BCUT2D eigenvalue weighted by molar-refractivity contribution is 5.76. The summed E-state index contributed by atoms with van der Waals surface area (Å²) < 4.78 is 0. The minimum atomic E-state index is -0.871. The molecule has 0 rings (SSSR count). The van der Waals surface area contributed by atoms with Crippen LogP contribution in [0.4, 0.5) is 0 Å². The summed E-state index contributed by atoms with van der Waals surface area (Å²) in [5, 5.41) is 23.1. The molecule has 0 bridgehead atoms. The fraction of sp³-hybridized carbons (Fsp3) is 0.823. The number of unbranched alkanes of at least 4 members (excludes halogenated alkanes) is 39. The van der Waals surface area contributed by atoms with Gasteiger partial charge in [-0.25, -0.2) is 0 Å². The van der Waals surface area contributed by atoms with Gasteiger partial charge in [-0.05, 0) is 77.0 Å². The summed E-state index contributed by atoms with van der Waals surface area (Å²) in [6, 6.07) is -0.646. The van der Waals surface area contributed by atoms with E-state index in [0.717, 1.165) is 44.9 Å². The molecule has 1 amide bonds. The number of rotatable bonds is 54. The van der Waals surface area contributed by atoms with Crippen molar-refractivity contribution in [3.05, 3.63) is 60.8 Å². The number of hydrogen-bond donors (Lipinski definition) is 3. The lowest BCUT2D eigenvalue weighted by molar-refractivity contribution is -0.123. The SMILES string of the molecule is CCCCCCC/C=C\C/C=C\CCCCCCCCCCCCCCCCCCCCCCCCCC(=O)NC(CO)C(O)/C=C/CC/C=C/CC/C=C/CCCCCCCCCCC. The summed E-state index contributed by atoms with van der Waals surface area (Å²) >= 11 is 0. The molecule has 0 aliphatic carbocycles. The van der Waals surface area contributed by atoms with Gasteiger partial charge in [0.1, 0.15) is 0 Å². The van der Waals surface area contributed by atoms with Crippen LogP contribution in [0.15, 0.2) is 60.8 Å². The van der Waals surface area contributed by atoms with Crippen LogP contribution < -0.4 is 5.32 Å². The van der Waals surface area contributed by atoms with Gasteiger partial charge in [0, 0.05) is 6.42 Å². The van der Waals surface area contributed by atoms with E-state index in [-0.39, 0.29) is 12.5 Å². The van der Waals surface area contributed by atoms with Gasteiger partial charge in [0.15, 0.2) is 0 Å². The van der Waals surface area contributed by atoms with Gasteiger partial charge in [0.05, 0.1) is 18.8 Å². The molecule has 0 aliphatic heterocycles. The predicted molar refractivity (Wildman–Crippen MR) is 294 cm³/mol. The van der Waals surface area contributed by atoms with Gasteiger partial charge in [-0.2, -0.15) is 0 Å². The lowest BCUT2D eigenvalue weighted by atomic mass is 10.0. The van der Waals surface area contributed by atoms with E-state index in [1.807, 2.05) is 6.08 Å². The van der Waals surface area contributed by atoms with Crippen molar-refractivity contribution in [3.8, 4) is 0 Å². The van der Waals surface area contributed by atoms with Crippen LogP contribution in [0.5, 0.6) is 0 Å². The van der Waals surface area contributed by atoms with Gasteiger partial charge in [-0.1, -0.05) is 286 Å². The highest BCUT2D eigenvalue weighted by atomic mass is 16.3. The maximum Gasteiger partial charge on any atom is 0.220 e. The number of carbonyl (C=O) groups excluding carboxylic acids is 1. The fourth-order valence-corrected chi connectivity index (χ4v) is 8.95. The Labute approximate surface area is 413 Å². The van der Waals surface area contributed by atoms with Crippen LogP contribution in [0.3, 0.4) is 0 Å². The van der Waals surface area contributed by atoms with Gasteiger partial charge in [-0.15, -0.1) is 0 Å². The number of allylic oxidation sites excluding steroid dienone is 9. The fourth-order valence-electron chi connectivity index (χ4n) is 8.95. The largest absolute Gasteiger partial charge is 0.394 e. The smallest absolute Gasteiger partial charge is 0.220 e. The maximum absolute atomic E-state index is 12.5. The standard InChI is InChI=1S/C62H115NO3/c1-3-5-7-9-11-13-15-17-19-21-23-24-25-26-27-28-29-30-31-32-33-34-35-36-37-38-40-42-44-46-48-50-52-54-56-58-62(66)63-60(59-64)61(65)57-55-53-51-49-47-45-43-41-39-22-20-18-16-14-12-10-8-6-4-2/h15,17,21,23,39,41,47,49,55,57,60-61,64-65H,3-14,16,18-20,22,24-38,40,42-46,48,50-54,56,58-59H2,1-2H3,(H,63,66)/b17-15-,23-21-,41-39+,49-47+,57-55+.